The molecule has 2 aromatic rings. The number of sulfonamides is 1. The van der Waals surface area contributed by atoms with E-state index in [9.17, 15) is 8.42 Å². The van der Waals surface area contributed by atoms with Crippen molar-refractivity contribution in [2.45, 2.75) is 35.9 Å². The molecule has 2 saturated heterocycles. The molecule has 1 aromatic heterocycles. The zero-order chi connectivity index (χ0) is 22.0. The molecule has 2 aliphatic heterocycles. The number of likely N-dealkylation sites (tertiary alicyclic amines) is 1. The summed E-state index contributed by atoms with van der Waals surface area (Å²) in [6.07, 6.45) is 5.28. The van der Waals surface area contributed by atoms with Crippen molar-refractivity contribution in [2.24, 2.45) is 0 Å². The van der Waals surface area contributed by atoms with Crippen LogP contribution >= 0.6 is 0 Å². The van der Waals surface area contributed by atoms with Gasteiger partial charge in [0.2, 0.25) is 10.0 Å². The average molecular weight is 448 g/mol. The maximum absolute atomic E-state index is 13.3. The topological polar surface area (TPSA) is 81.2 Å². The van der Waals surface area contributed by atoms with Crippen LogP contribution in [0.3, 0.4) is 0 Å². The quantitative estimate of drug-likeness (QED) is 0.644. The van der Waals surface area contributed by atoms with Crippen LogP contribution in [0.25, 0.3) is 0 Å². The van der Waals surface area contributed by atoms with Gasteiger partial charge in [0.1, 0.15) is 16.4 Å². The molecule has 3 heterocycles. The van der Waals surface area contributed by atoms with Crippen molar-refractivity contribution in [1.29, 1.82) is 0 Å². The maximum Gasteiger partial charge on any atom is 0.246 e. The van der Waals surface area contributed by atoms with Gasteiger partial charge in [0, 0.05) is 51.2 Å². The number of pyridine rings is 1. The van der Waals surface area contributed by atoms with Gasteiger partial charge >= 0.3 is 0 Å². The van der Waals surface area contributed by atoms with Gasteiger partial charge < -0.3 is 14.2 Å². The largest absolute Gasteiger partial charge is 0.497 e. The van der Waals surface area contributed by atoms with Gasteiger partial charge in [0.05, 0.1) is 26.4 Å². The Bertz CT molecular complexity index is 993. The third-order valence-electron chi connectivity index (χ3n) is 6.33. The van der Waals surface area contributed by atoms with Gasteiger partial charge in [-0.05, 0) is 42.7 Å². The molecule has 1 aromatic carbocycles. The summed E-state index contributed by atoms with van der Waals surface area (Å²) >= 11 is 0. The van der Waals surface area contributed by atoms with Crippen molar-refractivity contribution in [3.8, 4) is 11.5 Å². The van der Waals surface area contributed by atoms with E-state index in [0.29, 0.717) is 30.6 Å². The number of aromatic nitrogens is 1. The van der Waals surface area contributed by atoms with Crippen LogP contribution in [0.4, 0.5) is 0 Å². The van der Waals surface area contributed by atoms with Crippen molar-refractivity contribution in [1.82, 2.24) is 14.2 Å². The van der Waals surface area contributed by atoms with Crippen LogP contribution in [0, 0.1) is 0 Å². The molecule has 2 fully saturated rings. The number of nitrogens with zero attached hydrogens (tertiary/aromatic N) is 3. The first-order chi connectivity index (χ1) is 15.0. The van der Waals surface area contributed by atoms with Crippen LogP contribution in [-0.2, 0) is 14.8 Å². The molecule has 4 rings (SSSR count). The normalized spacial score (nSPS) is 23.3. The molecule has 9 heteroatoms. The Morgan fingerprint density at radius 3 is 2.32 bits per heavy atom. The number of hydrogen-bond donors (Lipinski definition) is 0. The summed E-state index contributed by atoms with van der Waals surface area (Å²) in [6.45, 7) is 1.78. The Labute approximate surface area is 183 Å². The lowest BCUT2D eigenvalue weighted by Crippen LogP contribution is -2.60. The summed E-state index contributed by atoms with van der Waals surface area (Å²) in [4.78, 5) is 6.69. The molecule has 0 amide bonds. The van der Waals surface area contributed by atoms with E-state index in [1.807, 2.05) is 12.1 Å². The van der Waals surface area contributed by atoms with Crippen LogP contribution in [-0.4, -0.2) is 75.7 Å². The molecule has 0 N–H and O–H groups in total. The average Bonchev–Trinajstić information content (AvgIpc) is 2.79. The second kappa shape index (κ2) is 9.12. The van der Waals surface area contributed by atoms with Crippen LogP contribution in [0.2, 0.25) is 0 Å². The summed E-state index contributed by atoms with van der Waals surface area (Å²) in [5, 5.41) is 0. The highest BCUT2D eigenvalue weighted by molar-refractivity contribution is 7.89. The molecule has 0 saturated carbocycles. The van der Waals surface area contributed by atoms with Crippen LogP contribution in [0.15, 0.2) is 47.6 Å². The van der Waals surface area contributed by atoms with Gasteiger partial charge in [0.15, 0.2) is 0 Å². The lowest BCUT2D eigenvalue weighted by Gasteiger charge is -2.52. The number of hydrogen-bond acceptors (Lipinski definition) is 7. The van der Waals surface area contributed by atoms with Crippen molar-refractivity contribution in [3.63, 3.8) is 0 Å². The van der Waals surface area contributed by atoms with E-state index < -0.39 is 10.0 Å². The van der Waals surface area contributed by atoms with Crippen LogP contribution in [0.5, 0.6) is 11.5 Å². The van der Waals surface area contributed by atoms with Crippen LogP contribution < -0.4 is 9.47 Å². The fourth-order valence-electron chi connectivity index (χ4n) is 4.58. The molecule has 0 bridgehead atoms. The molecule has 8 nitrogen and oxygen atoms in total. The third kappa shape index (κ3) is 4.15. The maximum atomic E-state index is 13.3. The molecule has 0 radical (unpaired) electrons. The van der Waals surface area contributed by atoms with E-state index in [0.717, 1.165) is 19.4 Å². The molecule has 2 atom stereocenters. The molecular weight excluding hydrogens is 418 g/mol. The van der Waals surface area contributed by atoms with E-state index in [1.54, 1.807) is 35.9 Å². The molecule has 2 aliphatic rings. The van der Waals surface area contributed by atoms with E-state index in [1.165, 1.54) is 25.8 Å². The number of methoxy groups -OCH3 is 3. The predicted octanol–water partition coefficient (Wildman–Crippen LogP) is 2.32. The molecule has 31 heavy (non-hydrogen) atoms. The first kappa shape index (κ1) is 22.0. The van der Waals surface area contributed by atoms with Gasteiger partial charge in [0.25, 0.3) is 0 Å². The summed E-state index contributed by atoms with van der Waals surface area (Å²) < 4.78 is 44.4. The third-order valence-corrected chi connectivity index (χ3v) is 8.25. The summed E-state index contributed by atoms with van der Waals surface area (Å²) in [6, 6.07) is 9.39. The van der Waals surface area contributed by atoms with Crippen molar-refractivity contribution in [3.05, 3.63) is 48.3 Å². The smallest absolute Gasteiger partial charge is 0.246 e. The number of rotatable bonds is 7. The second-order valence-corrected chi connectivity index (χ2v) is 9.75. The lowest BCUT2D eigenvalue weighted by molar-refractivity contribution is -0.114. The minimum Gasteiger partial charge on any atom is -0.497 e. The zero-order valence-corrected chi connectivity index (χ0v) is 18.9. The highest BCUT2D eigenvalue weighted by Gasteiger charge is 2.45. The van der Waals surface area contributed by atoms with Gasteiger partial charge in [-0.2, -0.15) is 4.31 Å². The Balaban J connectivity index is 1.48. The number of piperidine rings is 1. The zero-order valence-electron chi connectivity index (χ0n) is 18.1. The first-order valence-corrected chi connectivity index (χ1v) is 11.8. The highest BCUT2D eigenvalue weighted by atomic mass is 32.2. The van der Waals surface area contributed by atoms with Crippen LogP contribution in [0.1, 0.15) is 24.4 Å². The molecule has 0 unspecified atom stereocenters. The fourth-order valence-corrected chi connectivity index (χ4v) is 6.22. The van der Waals surface area contributed by atoms with Gasteiger partial charge in [-0.3, -0.25) is 9.88 Å². The summed E-state index contributed by atoms with van der Waals surface area (Å²) in [7, 11) is 1.06. The van der Waals surface area contributed by atoms with Gasteiger partial charge in [-0.15, -0.1) is 0 Å². The van der Waals surface area contributed by atoms with Crippen molar-refractivity contribution in [2.75, 3.05) is 41.0 Å². The fraction of sp³-hybridized carbons (Fsp3) is 0.500. The first-order valence-electron chi connectivity index (χ1n) is 10.4. The Hall–Kier alpha value is -2.20. The Morgan fingerprint density at radius 2 is 1.71 bits per heavy atom. The van der Waals surface area contributed by atoms with Crippen molar-refractivity contribution < 1.29 is 22.6 Å². The second-order valence-electron chi connectivity index (χ2n) is 7.85. The van der Waals surface area contributed by atoms with E-state index in [-0.39, 0.29) is 17.0 Å². The van der Waals surface area contributed by atoms with E-state index >= 15 is 0 Å². The lowest BCUT2D eigenvalue weighted by atomic mass is 9.87. The molecule has 0 aliphatic carbocycles. The molecule has 0 spiro atoms. The highest BCUT2D eigenvalue weighted by Crippen LogP contribution is 2.40. The Kier molecular flexibility index (Phi) is 6.47. The standard InChI is InChI=1S/C22H29N3O5S/c1-28-18-4-5-19(29-2)21(14-18)31(26,27)24-12-8-17(9-13-24)25-15-20(30-3)22(25)16-6-10-23-11-7-16/h4-7,10-11,14,17,20,22H,8-9,12-13,15H2,1-3H3/t20-,22-/m0/s1. The van der Waals surface area contributed by atoms with Gasteiger partial charge in [-0.25, -0.2) is 8.42 Å². The predicted molar refractivity (Wildman–Crippen MR) is 116 cm³/mol. The molecular formula is C22H29N3O5S. The SMILES string of the molecule is COc1ccc(OC)c(S(=O)(=O)N2CCC(N3C[C@H](OC)[C@@H]3c3ccncc3)CC2)c1. The minimum atomic E-state index is -3.68. The monoisotopic (exact) mass is 447 g/mol. The summed E-state index contributed by atoms with van der Waals surface area (Å²) in [5.74, 6) is 0.812. The number of benzene rings is 1. The van der Waals surface area contributed by atoms with E-state index in [2.05, 4.69) is 9.88 Å². The van der Waals surface area contributed by atoms with E-state index in [4.69, 9.17) is 14.2 Å². The van der Waals surface area contributed by atoms with Crippen molar-refractivity contribution >= 4 is 10.0 Å². The summed E-state index contributed by atoms with van der Waals surface area (Å²) in [5.41, 5.74) is 1.18. The molecule has 168 valence electrons. The van der Waals surface area contributed by atoms with Gasteiger partial charge in [-0.1, -0.05) is 0 Å². The number of ether oxygens (including phenoxy) is 3. The Morgan fingerprint density at radius 1 is 1.00 bits per heavy atom. The minimum absolute atomic E-state index is 0.144.